The van der Waals surface area contributed by atoms with Crippen LogP contribution in [0.4, 0.5) is 0 Å². The van der Waals surface area contributed by atoms with Crippen molar-refractivity contribution in [1.29, 1.82) is 0 Å². The maximum Gasteiger partial charge on any atom is 0.244 e. The summed E-state index contributed by atoms with van der Waals surface area (Å²) >= 11 is 13.0. The van der Waals surface area contributed by atoms with Crippen LogP contribution in [-0.2, 0) is 21.4 Å². The van der Waals surface area contributed by atoms with Crippen LogP contribution in [0, 0.1) is 6.92 Å². The molecule has 11 heteroatoms. The van der Waals surface area contributed by atoms with Crippen LogP contribution in [0.1, 0.15) is 11.3 Å². The first kappa shape index (κ1) is 24.0. The Balaban J connectivity index is 1.49. The number of para-hydroxylation sites is 1. The number of rotatable bonds is 6. The van der Waals surface area contributed by atoms with Crippen molar-refractivity contribution in [2.75, 3.05) is 26.3 Å². The number of aryl methyl sites for hydroxylation is 1. The molecule has 4 aromatic rings. The standard InChI is InChI=1S/C24H22Cl2N4O4S/c1-16-13-20(29-8-7-27-15-29)17-3-2-4-21(24(17)28-16)34-14-18-19(25)5-6-22(23(18)26)35(31,32)30-9-11-33-12-10-30/h2-8,13,15H,9-12,14H2,1H3. The van der Waals surface area contributed by atoms with Gasteiger partial charge in [0.25, 0.3) is 0 Å². The lowest BCUT2D eigenvalue weighted by molar-refractivity contribution is 0.0730. The number of aromatic nitrogens is 3. The van der Waals surface area contributed by atoms with Gasteiger partial charge in [-0.15, -0.1) is 0 Å². The normalized spacial score (nSPS) is 14.9. The second-order valence-corrected chi connectivity index (χ2v) is 10.7. The third-order valence-electron chi connectivity index (χ3n) is 5.80. The molecule has 5 rings (SSSR count). The van der Waals surface area contributed by atoms with Gasteiger partial charge in [-0.3, -0.25) is 0 Å². The van der Waals surface area contributed by atoms with Gasteiger partial charge in [-0.25, -0.2) is 18.4 Å². The number of hydrogen-bond acceptors (Lipinski definition) is 6. The Hall–Kier alpha value is -2.69. The summed E-state index contributed by atoms with van der Waals surface area (Å²) in [5.41, 5.74) is 2.79. The van der Waals surface area contributed by atoms with Crippen molar-refractivity contribution in [3.8, 4) is 11.4 Å². The number of hydrogen-bond donors (Lipinski definition) is 0. The lowest BCUT2D eigenvalue weighted by Gasteiger charge is -2.26. The highest BCUT2D eigenvalue weighted by Crippen LogP contribution is 2.35. The first-order valence-electron chi connectivity index (χ1n) is 10.9. The van der Waals surface area contributed by atoms with Crippen molar-refractivity contribution >= 4 is 44.1 Å². The molecule has 2 aromatic heterocycles. The summed E-state index contributed by atoms with van der Waals surface area (Å²) in [6, 6.07) is 10.6. The van der Waals surface area contributed by atoms with Crippen molar-refractivity contribution in [3.63, 3.8) is 0 Å². The Bertz CT molecular complexity index is 1490. The highest BCUT2D eigenvalue weighted by atomic mass is 35.5. The average Bonchev–Trinajstić information content (AvgIpc) is 3.39. The van der Waals surface area contributed by atoms with Gasteiger partial charge in [0.1, 0.15) is 22.8 Å². The van der Waals surface area contributed by atoms with Crippen LogP contribution in [0.3, 0.4) is 0 Å². The highest BCUT2D eigenvalue weighted by Gasteiger charge is 2.30. The van der Waals surface area contributed by atoms with Crippen LogP contribution < -0.4 is 4.74 Å². The quantitative estimate of drug-likeness (QED) is 0.359. The molecule has 1 saturated heterocycles. The molecule has 0 saturated carbocycles. The molecule has 1 fully saturated rings. The van der Waals surface area contributed by atoms with E-state index in [-0.39, 0.29) is 29.6 Å². The molecule has 0 bridgehead atoms. The van der Waals surface area contributed by atoms with Gasteiger partial charge >= 0.3 is 0 Å². The molecule has 0 unspecified atom stereocenters. The van der Waals surface area contributed by atoms with Crippen LogP contribution >= 0.6 is 23.2 Å². The zero-order chi connectivity index (χ0) is 24.6. The Morgan fingerprint density at radius 1 is 1.14 bits per heavy atom. The van der Waals surface area contributed by atoms with E-state index >= 15 is 0 Å². The number of pyridine rings is 1. The Morgan fingerprint density at radius 2 is 1.94 bits per heavy atom. The van der Waals surface area contributed by atoms with Crippen LogP contribution in [0.25, 0.3) is 16.6 Å². The van der Waals surface area contributed by atoms with E-state index in [4.69, 9.17) is 32.7 Å². The minimum atomic E-state index is -3.80. The fraction of sp³-hybridized carbons (Fsp3) is 0.250. The van der Waals surface area contributed by atoms with E-state index in [0.29, 0.717) is 35.1 Å². The molecule has 0 aliphatic carbocycles. The summed E-state index contributed by atoms with van der Waals surface area (Å²) in [5, 5.41) is 1.25. The summed E-state index contributed by atoms with van der Waals surface area (Å²) in [5.74, 6) is 0.529. The molecule has 182 valence electrons. The number of imidazole rings is 1. The third kappa shape index (κ3) is 4.62. The number of ether oxygens (including phenoxy) is 2. The first-order chi connectivity index (χ1) is 16.9. The molecule has 35 heavy (non-hydrogen) atoms. The smallest absolute Gasteiger partial charge is 0.244 e. The monoisotopic (exact) mass is 532 g/mol. The third-order valence-corrected chi connectivity index (χ3v) is 8.64. The van der Waals surface area contributed by atoms with Crippen molar-refractivity contribution in [2.45, 2.75) is 18.4 Å². The van der Waals surface area contributed by atoms with E-state index < -0.39 is 10.0 Å². The highest BCUT2D eigenvalue weighted by molar-refractivity contribution is 7.89. The molecular weight excluding hydrogens is 511 g/mol. The predicted molar refractivity (Wildman–Crippen MR) is 134 cm³/mol. The molecule has 0 spiro atoms. The van der Waals surface area contributed by atoms with E-state index in [2.05, 4.69) is 9.97 Å². The van der Waals surface area contributed by atoms with Gasteiger partial charge in [0, 0.05) is 47.1 Å². The number of fused-ring (bicyclic) bond motifs is 1. The second-order valence-electron chi connectivity index (χ2n) is 8.05. The van der Waals surface area contributed by atoms with Gasteiger partial charge in [-0.05, 0) is 31.2 Å². The second kappa shape index (κ2) is 9.75. The van der Waals surface area contributed by atoms with Gasteiger partial charge in [0.05, 0.1) is 30.3 Å². The van der Waals surface area contributed by atoms with E-state index in [9.17, 15) is 8.42 Å². The Kier molecular flexibility index (Phi) is 6.69. The van der Waals surface area contributed by atoms with Crippen molar-refractivity contribution < 1.29 is 17.9 Å². The summed E-state index contributed by atoms with van der Waals surface area (Å²) in [4.78, 5) is 8.82. The fourth-order valence-corrected chi connectivity index (χ4v) is 6.31. The molecule has 0 atom stereocenters. The molecule has 1 aliphatic rings. The van der Waals surface area contributed by atoms with Crippen molar-refractivity contribution in [2.24, 2.45) is 0 Å². The minimum Gasteiger partial charge on any atom is -0.487 e. The summed E-state index contributed by atoms with van der Waals surface area (Å²) in [6.07, 6.45) is 5.30. The Morgan fingerprint density at radius 3 is 2.69 bits per heavy atom. The number of nitrogens with zero attached hydrogens (tertiary/aromatic N) is 4. The van der Waals surface area contributed by atoms with E-state index in [1.54, 1.807) is 12.5 Å². The maximum atomic E-state index is 13.2. The van der Waals surface area contributed by atoms with Gasteiger partial charge in [-0.1, -0.05) is 35.3 Å². The van der Waals surface area contributed by atoms with Crippen molar-refractivity contribution in [1.82, 2.24) is 18.8 Å². The zero-order valence-corrected chi connectivity index (χ0v) is 21.1. The maximum absolute atomic E-state index is 13.2. The number of morpholine rings is 1. The lowest BCUT2D eigenvalue weighted by Crippen LogP contribution is -2.40. The number of sulfonamides is 1. The van der Waals surface area contributed by atoms with E-state index in [1.807, 2.05) is 42.0 Å². The van der Waals surface area contributed by atoms with E-state index in [1.165, 1.54) is 16.4 Å². The fourth-order valence-electron chi connectivity index (χ4n) is 4.04. The summed E-state index contributed by atoms with van der Waals surface area (Å²) < 4.78 is 41.1. The Labute approximate surface area is 213 Å². The van der Waals surface area contributed by atoms with Gasteiger partial charge in [0.2, 0.25) is 10.0 Å². The molecule has 2 aromatic carbocycles. The minimum absolute atomic E-state index is 0.00153. The SMILES string of the molecule is Cc1cc(-n2ccnc2)c2cccc(OCc3c(Cl)ccc(S(=O)(=O)N4CCOCC4)c3Cl)c2n1. The first-order valence-corrected chi connectivity index (χ1v) is 13.1. The molecule has 0 radical (unpaired) electrons. The summed E-state index contributed by atoms with van der Waals surface area (Å²) in [7, 11) is -3.80. The van der Waals surface area contributed by atoms with E-state index in [0.717, 1.165) is 16.8 Å². The zero-order valence-electron chi connectivity index (χ0n) is 18.8. The molecule has 3 heterocycles. The van der Waals surface area contributed by atoms with Crippen molar-refractivity contribution in [3.05, 3.63) is 76.4 Å². The average molecular weight is 533 g/mol. The lowest BCUT2D eigenvalue weighted by atomic mass is 10.1. The largest absolute Gasteiger partial charge is 0.487 e. The topological polar surface area (TPSA) is 86.6 Å². The number of benzene rings is 2. The molecule has 0 N–H and O–H groups in total. The predicted octanol–water partition coefficient (Wildman–Crippen LogP) is 4.64. The van der Waals surface area contributed by atoms with Gasteiger partial charge in [0.15, 0.2) is 0 Å². The number of halogens is 2. The molecular formula is C24H22Cl2N4O4S. The van der Waals surface area contributed by atoms with Crippen LogP contribution in [0.5, 0.6) is 5.75 Å². The summed E-state index contributed by atoms with van der Waals surface area (Å²) in [6.45, 7) is 3.11. The van der Waals surface area contributed by atoms with Gasteiger partial charge in [-0.2, -0.15) is 4.31 Å². The molecule has 0 amide bonds. The molecule has 8 nitrogen and oxygen atoms in total. The van der Waals surface area contributed by atoms with Gasteiger partial charge < -0.3 is 14.0 Å². The van der Waals surface area contributed by atoms with Crippen LogP contribution in [0.15, 0.2) is 60.0 Å². The van der Waals surface area contributed by atoms with Crippen LogP contribution in [0.2, 0.25) is 10.0 Å². The van der Waals surface area contributed by atoms with Crippen LogP contribution in [-0.4, -0.2) is 53.6 Å². The molecule has 1 aliphatic heterocycles.